The van der Waals surface area contributed by atoms with Gasteiger partial charge in [0.05, 0.1) is 6.61 Å². The molecule has 0 saturated carbocycles. The van der Waals surface area contributed by atoms with Crippen LogP contribution in [0.3, 0.4) is 0 Å². The second-order valence-electron chi connectivity index (χ2n) is 6.79. The number of aliphatic imine (C=N–C) groups is 1. The zero-order chi connectivity index (χ0) is 23.0. The molecule has 166 valence electrons. The van der Waals surface area contributed by atoms with E-state index in [1.165, 1.54) is 12.1 Å². The topological polar surface area (TPSA) is 108 Å². The van der Waals surface area contributed by atoms with Crippen molar-refractivity contribution in [1.82, 2.24) is 0 Å². The number of rotatable bonds is 8. The average molecular weight is 465 g/mol. The minimum Gasteiger partial charge on any atom is -0.462 e. The second-order valence-corrected chi connectivity index (χ2v) is 8.77. The standard InChI is InChI=1S/C22H25ClN2O5S/c1-4-29-22(26)20(14-24)21(25-16(3)12-17-6-5-7-18(23)13-17)30-31(27,28)19-10-8-15(2)9-11-19/h5,7-11,13-14,17H,3-4,6,12,24H2,1-2H3/b20-14+,25-21+. The Morgan fingerprint density at radius 1 is 1.35 bits per heavy atom. The van der Waals surface area contributed by atoms with Crippen LogP contribution in [0, 0.1) is 12.8 Å². The van der Waals surface area contributed by atoms with E-state index in [4.69, 9.17) is 26.3 Å². The molecule has 0 fully saturated rings. The fourth-order valence-electron chi connectivity index (χ4n) is 2.75. The van der Waals surface area contributed by atoms with Gasteiger partial charge < -0.3 is 14.7 Å². The van der Waals surface area contributed by atoms with Crippen LogP contribution in [0.1, 0.15) is 25.3 Å². The highest BCUT2D eigenvalue weighted by Crippen LogP contribution is 2.26. The first-order valence-electron chi connectivity index (χ1n) is 9.57. The van der Waals surface area contributed by atoms with Gasteiger partial charge in [-0.3, -0.25) is 0 Å². The van der Waals surface area contributed by atoms with Gasteiger partial charge in [-0.25, -0.2) is 9.79 Å². The van der Waals surface area contributed by atoms with Crippen LogP contribution in [0.2, 0.25) is 0 Å². The first kappa shape index (κ1) is 24.4. The summed E-state index contributed by atoms with van der Waals surface area (Å²) >= 11 is 6.03. The van der Waals surface area contributed by atoms with E-state index in [1.54, 1.807) is 25.1 Å². The van der Waals surface area contributed by atoms with Gasteiger partial charge in [0.1, 0.15) is 10.5 Å². The van der Waals surface area contributed by atoms with Crippen molar-refractivity contribution in [2.24, 2.45) is 16.6 Å². The molecule has 0 aliphatic heterocycles. The first-order chi connectivity index (χ1) is 14.7. The Morgan fingerprint density at radius 2 is 2.03 bits per heavy atom. The van der Waals surface area contributed by atoms with Crippen LogP contribution >= 0.6 is 11.6 Å². The van der Waals surface area contributed by atoms with E-state index in [9.17, 15) is 13.2 Å². The smallest absolute Gasteiger partial charge is 0.345 e. The highest BCUT2D eigenvalue weighted by Gasteiger charge is 2.26. The van der Waals surface area contributed by atoms with Crippen molar-refractivity contribution in [2.75, 3.05) is 6.61 Å². The summed E-state index contributed by atoms with van der Waals surface area (Å²) in [6.07, 6.45) is 7.57. The molecular formula is C22H25ClN2O5S. The Bertz CT molecular complexity index is 1050. The number of nitrogens with two attached hydrogens (primary N) is 1. The lowest BCUT2D eigenvalue weighted by Gasteiger charge is -2.16. The van der Waals surface area contributed by atoms with Crippen LogP contribution in [0.4, 0.5) is 0 Å². The molecule has 0 bridgehead atoms. The maximum absolute atomic E-state index is 12.8. The van der Waals surface area contributed by atoms with E-state index in [0.29, 0.717) is 17.2 Å². The van der Waals surface area contributed by atoms with Crippen LogP contribution < -0.4 is 5.73 Å². The van der Waals surface area contributed by atoms with E-state index in [1.807, 2.05) is 19.1 Å². The van der Waals surface area contributed by atoms with Crippen LogP contribution in [0.25, 0.3) is 0 Å². The van der Waals surface area contributed by atoms with Crippen LogP contribution in [0.5, 0.6) is 0 Å². The molecule has 9 heteroatoms. The number of hydrogen-bond donors (Lipinski definition) is 1. The average Bonchev–Trinajstić information content (AvgIpc) is 2.68. The van der Waals surface area contributed by atoms with Crippen molar-refractivity contribution in [3.63, 3.8) is 0 Å². The van der Waals surface area contributed by atoms with Gasteiger partial charge in [-0.1, -0.05) is 48.0 Å². The minimum atomic E-state index is -4.29. The summed E-state index contributed by atoms with van der Waals surface area (Å²) < 4.78 is 35.7. The SMILES string of the molecule is C=C(CC1C=C(Cl)C=CC1)/N=C(OS(=O)(=O)c1ccc(C)cc1)\C(=C/N)C(=O)OCC. The number of carbonyl (C=O) groups excluding carboxylic acids is 1. The lowest BCUT2D eigenvalue weighted by atomic mass is 9.96. The number of ether oxygens (including phenoxy) is 1. The molecule has 0 spiro atoms. The fourth-order valence-corrected chi connectivity index (χ4v) is 3.92. The highest BCUT2D eigenvalue weighted by molar-refractivity contribution is 7.87. The van der Waals surface area contributed by atoms with Gasteiger partial charge in [-0.15, -0.1) is 0 Å². The molecule has 0 heterocycles. The Labute approximate surface area is 187 Å². The molecule has 0 saturated heterocycles. The van der Waals surface area contributed by atoms with Crippen LogP contribution in [0.15, 0.2) is 81.5 Å². The molecule has 0 amide bonds. The molecule has 1 aliphatic rings. The third kappa shape index (κ3) is 7.11. The normalized spacial score (nSPS) is 17.1. The zero-order valence-corrected chi connectivity index (χ0v) is 18.9. The number of nitrogens with zero attached hydrogens (tertiary/aromatic N) is 1. The van der Waals surface area contributed by atoms with Gasteiger partial charge >= 0.3 is 16.1 Å². The van der Waals surface area contributed by atoms with E-state index >= 15 is 0 Å². The molecule has 1 aromatic carbocycles. The van der Waals surface area contributed by atoms with Crippen LogP contribution in [-0.4, -0.2) is 26.9 Å². The molecule has 7 nitrogen and oxygen atoms in total. The minimum absolute atomic E-state index is 0.0246. The predicted molar refractivity (Wildman–Crippen MR) is 121 cm³/mol. The van der Waals surface area contributed by atoms with Gasteiger partial charge in [-0.05, 0) is 50.8 Å². The first-order valence-corrected chi connectivity index (χ1v) is 11.4. The number of hydrogen-bond acceptors (Lipinski definition) is 7. The monoisotopic (exact) mass is 464 g/mol. The van der Waals surface area contributed by atoms with E-state index in [-0.39, 0.29) is 23.0 Å². The lowest BCUT2D eigenvalue weighted by molar-refractivity contribution is -0.137. The number of carbonyl (C=O) groups is 1. The van der Waals surface area contributed by atoms with Crippen molar-refractivity contribution in [1.29, 1.82) is 0 Å². The molecule has 31 heavy (non-hydrogen) atoms. The number of esters is 1. The van der Waals surface area contributed by atoms with E-state index in [0.717, 1.165) is 18.2 Å². The maximum Gasteiger partial charge on any atom is 0.345 e. The zero-order valence-electron chi connectivity index (χ0n) is 17.4. The van der Waals surface area contributed by atoms with Gasteiger partial charge in [-0.2, -0.15) is 8.42 Å². The molecule has 1 atom stereocenters. The van der Waals surface area contributed by atoms with Crippen LogP contribution in [-0.2, 0) is 23.8 Å². The Hall–Kier alpha value is -2.84. The molecule has 2 rings (SSSR count). The second kappa shape index (κ2) is 11.0. The molecule has 0 aromatic heterocycles. The van der Waals surface area contributed by atoms with E-state index < -0.39 is 22.0 Å². The summed E-state index contributed by atoms with van der Waals surface area (Å²) in [6, 6.07) is 6.05. The number of halogens is 1. The van der Waals surface area contributed by atoms with Crippen molar-refractivity contribution in [3.8, 4) is 0 Å². The van der Waals surface area contributed by atoms with Crippen molar-refractivity contribution in [3.05, 3.63) is 77.1 Å². The number of allylic oxidation sites excluding steroid dienone is 5. The number of aryl methyl sites for hydroxylation is 1. The van der Waals surface area contributed by atoms with Gasteiger partial charge in [0.2, 0.25) is 5.90 Å². The molecule has 1 aliphatic carbocycles. The summed E-state index contributed by atoms with van der Waals surface area (Å²) in [5.41, 5.74) is 6.42. The fraction of sp³-hybridized carbons (Fsp3) is 0.273. The summed E-state index contributed by atoms with van der Waals surface area (Å²) in [4.78, 5) is 16.4. The van der Waals surface area contributed by atoms with Gasteiger partial charge in [0.15, 0.2) is 0 Å². The highest BCUT2D eigenvalue weighted by atomic mass is 35.5. The molecule has 1 unspecified atom stereocenters. The summed E-state index contributed by atoms with van der Waals surface area (Å²) in [6.45, 7) is 7.37. The molecule has 1 aromatic rings. The van der Waals surface area contributed by atoms with Gasteiger partial charge in [0, 0.05) is 16.9 Å². The number of benzene rings is 1. The Kier molecular flexibility index (Phi) is 8.65. The Balaban J connectivity index is 2.36. The summed E-state index contributed by atoms with van der Waals surface area (Å²) in [5, 5.41) is 0.598. The molecule has 2 N–H and O–H groups in total. The third-order valence-electron chi connectivity index (χ3n) is 4.26. The predicted octanol–water partition coefficient (Wildman–Crippen LogP) is 4.11. The quantitative estimate of drug-likeness (QED) is 0.204. The van der Waals surface area contributed by atoms with E-state index in [2.05, 4.69) is 11.6 Å². The maximum atomic E-state index is 12.8. The van der Waals surface area contributed by atoms with Crippen molar-refractivity contribution in [2.45, 2.75) is 31.6 Å². The summed E-state index contributed by atoms with van der Waals surface area (Å²) in [7, 11) is -4.29. The molecular weight excluding hydrogens is 440 g/mol. The van der Waals surface area contributed by atoms with Crippen molar-refractivity contribution >= 4 is 33.6 Å². The van der Waals surface area contributed by atoms with Gasteiger partial charge in [0.25, 0.3) is 0 Å². The Morgan fingerprint density at radius 3 is 2.61 bits per heavy atom. The lowest BCUT2D eigenvalue weighted by Crippen LogP contribution is -2.23. The summed E-state index contributed by atoms with van der Waals surface area (Å²) in [5.74, 6) is -1.34. The van der Waals surface area contributed by atoms with Crippen molar-refractivity contribution < 1.29 is 22.1 Å². The molecule has 0 radical (unpaired) electrons. The largest absolute Gasteiger partial charge is 0.462 e. The third-order valence-corrected chi connectivity index (χ3v) is 5.74.